The Bertz CT molecular complexity index is 228. The molecule has 0 aliphatic heterocycles. The van der Waals surface area contributed by atoms with Gasteiger partial charge in [-0.25, -0.2) is 4.98 Å². The Morgan fingerprint density at radius 3 is 2.78 bits per heavy atom. The molecule has 0 saturated carbocycles. The van der Waals surface area contributed by atoms with Crippen molar-refractivity contribution in [2.75, 3.05) is 0 Å². The Morgan fingerprint density at radius 2 is 2.33 bits per heavy atom. The molecule has 0 fully saturated rings. The largest absolute Gasteiger partial charge is 0.228 e. The van der Waals surface area contributed by atoms with E-state index in [1.807, 2.05) is 0 Å². The van der Waals surface area contributed by atoms with Crippen LogP contribution in [0.2, 0.25) is 0 Å². The standard InChI is InChI=1S/C5H2BBrFN/c6-4-1-3(7)2-9-5(4)8/h1-2H. The van der Waals surface area contributed by atoms with Crippen LogP contribution in [-0.2, 0) is 0 Å². The summed E-state index contributed by atoms with van der Waals surface area (Å²) in [5.74, 6) is -0.627. The first kappa shape index (κ1) is 6.74. The molecule has 0 aliphatic rings. The summed E-state index contributed by atoms with van der Waals surface area (Å²) < 4.78 is 12.9. The zero-order valence-electron chi connectivity index (χ0n) is 4.44. The first-order chi connectivity index (χ1) is 4.20. The van der Waals surface area contributed by atoms with Crippen molar-refractivity contribution >= 4 is 29.2 Å². The van der Waals surface area contributed by atoms with E-state index in [0.29, 0.717) is 4.47 Å². The van der Waals surface area contributed by atoms with Gasteiger partial charge in [0.05, 0.1) is 0 Å². The third-order valence-electron chi connectivity index (χ3n) is 0.833. The summed E-state index contributed by atoms with van der Waals surface area (Å²) in [7, 11) is 5.15. The summed E-state index contributed by atoms with van der Waals surface area (Å²) in [5.41, 5.74) is 0.0596. The van der Waals surface area contributed by atoms with Crippen LogP contribution in [0.25, 0.3) is 0 Å². The van der Waals surface area contributed by atoms with Gasteiger partial charge in [-0.05, 0) is 27.5 Å². The minimum Gasteiger partial charge on any atom is -0.228 e. The van der Waals surface area contributed by atoms with Gasteiger partial charge in [-0.2, -0.15) is 4.39 Å². The molecule has 2 radical (unpaired) electrons. The maximum Gasteiger partial charge on any atom is 0.205 e. The van der Waals surface area contributed by atoms with E-state index in [4.69, 9.17) is 7.85 Å². The average Bonchev–Trinajstić information content (AvgIpc) is 1.80. The van der Waals surface area contributed by atoms with Crippen molar-refractivity contribution in [1.82, 2.24) is 4.98 Å². The molecule has 0 saturated heterocycles. The molecule has 0 bridgehead atoms. The third-order valence-corrected chi connectivity index (χ3v) is 1.27. The third kappa shape index (κ3) is 1.51. The monoisotopic (exact) mass is 185 g/mol. The van der Waals surface area contributed by atoms with E-state index in [1.165, 1.54) is 12.3 Å². The van der Waals surface area contributed by atoms with Crippen LogP contribution in [0, 0.1) is 5.95 Å². The highest BCUT2D eigenvalue weighted by Gasteiger charge is 1.95. The maximum atomic E-state index is 12.2. The molecule has 0 aromatic carbocycles. The molecular weight excluding hydrogens is 184 g/mol. The van der Waals surface area contributed by atoms with Crippen LogP contribution in [-0.4, -0.2) is 12.8 Å². The van der Waals surface area contributed by atoms with Crippen molar-refractivity contribution in [3.63, 3.8) is 0 Å². The molecule has 0 amide bonds. The molecule has 0 N–H and O–H groups in total. The highest BCUT2D eigenvalue weighted by Crippen LogP contribution is 2.03. The highest BCUT2D eigenvalue weighted by atomic mass is 79.9. The number of hydrogen-bond donors (Lipinski definition) is 0. The number of pyridine rings is 1. The van der Waals surface area contributed by atoms with Crippen LogP contribution in [0.15, 0.2) is 16.7 Å². The highest BCUT2D eigenvalue weighted by molar-refractivity contribution is 9.10. The molecule has 0 aliphatic carbocycles. The fraction of sp³-hybridized carbons (Fsp3) is 0. The molecule has 9 heavy (non-hydrogen) atoms. The molecule has 1 aromatic rings. The topological polar surface area (TPSA) is 12.9 Å². The van der Waals surface area contributed by atoms with E-state index in [9.17, 15) is 4.39 Å². The van der Waals surface area contributed by atoms with Crippen LogP contribution < -0.4 is 5.46 Å². The lowest BCUT2D eigenvalue weighted by atomic mass is 9.99. The van der Waals surface area contributed by atoms with Crippen molar-refractivity contribution < 1.29 is 4.39 Å². The summed E-state index contributed by atoms with van der Waals surface area (Å²) >= 11 is 3.09. The predicted octanol–water partition coefficient (Wildman–Crippen LogP) is 0.777. The minimum absolute atomic E-state index is 0.0596. The summed E-state index contributed by atoms with van der Waals surface area (Å²) in [5, 5.41) is 0. The smallest absolute Gasteiger partial charge is 0.205 e. The van der Waals surface area contributed by atoms with Crippen LogP contribution >= 0.6 is 15.9 Å². The van der Waals surface area contributed by atoms with Gasteiger partial charge in [-0.3, -0.25) is 0 Å². The first-order valence-electron chi connectivity index (χ1n) is 2.26. The normalized spacial score (nSPS) is 9.56. The SMILES string of the molecule is [B]c1cc(Br)cnc1F. The van der Waals surface area contributed by atoms with Crippen molar-refractivity contribution in [3.05, 3.63) is 22.7 Å². The van der Waals surface area contributed by atoms with E-state index in [2.05, 4.69) is 20.9 Å². The second-order valence-corrected chi connectivity index (χ2v) is 2.45. The van der Waals surface area contributed by atoms with Crippen LogP contribution in [0.3, 0.4) is 0 Å². The molecule has 44 valence electrons. The minimum atomic E-state index is -0.627. The predicted molar refractivity (Wildman–Crippen MR) is 37.3 cm³/mol. The number of hydrogen-bond acceptors (Lipinski definition) is 1. The Morgan fingerprint density at radius 1 is 1.67 bits per heavy atom. The van der Waals surface area contributed by atoms with E-state index in [-0.39, 0.29) is 5.46 Å². The lowest BCUT2D eigenvalue weighted by molar-refractivity contribution is 0.592. The van der Waals surface area contributed by atoms with Gasteiger partial charge in [0.1, 0.15) is 7.85 Å². The number of nitrogens with zero attached hydrogens (tertiary/aromatic N) is 1. The Hall–Kier alpha value is -0.375. The van der Waals surface area contributed by atoms with Gasteiger partial charge < -0.3 is 0 Å². The quantitative estimate of drug-likeness (QED) is 0.430. The van der Waals surface area contributed by atoms with Gasteiger partial charge in [-0.1, -0.05) is 0 Å². The second kappa shape index (κ2) is 2.48. The number of aromatic nitrogens is 1. The molecule has 0 spiro atoms. The van der Waals surface area contributed by atoms with Gasteiger partial charge in [-0.15, -0.1) is 0 Å². The lowest BCUT2D eigenvalue weighted by Crippen LogP contribution is -2.09. The van der Waals surface area contributed by atoms with Gasteiger partial charge in [0, 0.05) is 10.7 Å². The summed E-state index contributed by atoms with van der Waals surface area (Å²) in [4.78, 5) is 3.34. The second-order valence-electron chi connectivity index (χ2n) is 1.53. The average molecular weight is 186 g/mol. The van der Waals surface area contributed by atoms with Crippen molar-refractivity contribution in [1.29, 1.82) is 0 Å². The Balaban J connectivity index is 3.17. The molecule has 0 unspecified atom stereocenters. The maximum absolute atomic E-state index is 12.2. The summed E-state index contributed by atoms with van der Waals surface area (Å²) in [6, 6.07) is 1.46. The molecule has 1 aromatic heterocycles. The van der Waals surface area contributed by atoms with Gasteiger partial charge >= 0.3 is 0 Å². The molecule has 0 atom stereocenters. The van der Waals surface area contributed by atoms with E-state index < -0.39 is 5.95 Å². The van der Waals surface area contributed by atoms with E-state index >= 15 is 0 Å². The van der Waals surface area contributed by atoms with Crippen molar-refractivity contribution in [3.8, 4) is 0 Å². The van der Waals surface area contributed by atoms with Crippen LogP contribution in [0.5, 0.6) is 0 Å². The Kier molecular flexibility index (Phi) is 1.85. The molecule has 1 heterocycles. The van der Waals surface area contributed by atoms with Crippen molar-refractivity contribution in [2.45, 2.75) is 0 Å². The summed E-state index contributed by atoms with van der Waals surface area (Å²) in [6.45, 7) is 0. The Labute approximate surface area is 61.8 Å². The number of rotatable bonds is 0. The van der Waals surface area contributed by atoms with Crippen LogP contribution in [0.4, 0.5) is 4.39 Å². The zero-order valence-corrected chi connectivity index (χ0v) is 6.02. The summed E-state index contributed by atoms with van der Waals surface area (Å²) in [6.07, 6.45) is 1.35. The zero-order chi connectivity index (χ0) is 6.85. The van der Waals surface area contributed by atoms with Gasteiger partial charge in [0.25, 0.3) is 0 Å². The molecule has 1 rings (SSSR count). The fourth-order valence-corrected chi connectivity index (χ4v) is 0.787. The molecule has 4 heteroatoms. The van der Waals surface area contributed by atoms with Gasteiger partial charge in [0.2, 0.25) is 5.95 Å². The van der Waals surface area contributed by atoms with Crippen LogP contribution in [0.1, 0.15) is 0 Å². The van der Waals surface area contributed by atoms with E-state index in [1.54, 1.807) is 0 Å². The fourth-order valence-electron chi connectivity index (χ4n) is 0.438. The first-order valence-corrected chi connectivity index (χ1v) is 3.06. The lowest BCUT2D eigenvalue weighted by Gasteiger charge is -1.93. The van der Waals surface area contributed by atoms with Gasteiger partial charge in [0.15, 0.2) is 0 Å². The number of halogens is 2. The molecular formula is C5H2BBrFN. The van der Waals surface area contributed by atoms with E-state index in [0.717, 1.165) is 0 Å². The van der Waals surface area contributed by atoms with Crippen molar-refractivity contribution in [2.24, 2.45) is 0 Å². The molecule has 1 nitrogen and oxygen atoms in total.